The van der Waals surface area contributed by atoms with Gasteiger partial charge in [-0.25, -0.2) is 0 Å². The monoisotopic (exact) mass is 292 g/mol. The number of nitrogens with zero attached hydrogens (tertiary/aromatic N) is 1. The van der Waals surface area contributed by atoms with Gasteiger partial charge in [0.25, 0.3) is 0 Å². The van der Waals surface area contributed by atoms with Crippen molar-refractivity contribution in [3.8, 4) is 6.07 Å². The Kier molecular flexibility index (Phi) is 9.24. The van der Waals surface area contributed by atoms with Gasteiger partial charge in [0.15, 0.2) is 0 Å². The fraction of sp³-hybridized carbons (Fsp3) is 0.722. The normalized spacial score (nSPS) is 13.5. The Morgan fingerprint density at radius 3 is 2.14 bits per heavy atom. The Hall–Kier alpha value is -1.11. The lowest BCUT2D eigenvalue weighted by molar-refractivity contribution is 0.00809. The molecule has 3 heteroatoms. The highest BCUT2D eigenvalue weighted by molar-refractivity contribution is 4.99. The number of hydrogen-bond donors (Lipinski definition) is 2. The van der Waals surface area contributed by atoms with E-state index in [-0.39, 0.29) is 11.5 Å². The summed E-state index contributed by atoms with van der Waals surface area (Å²) in [7, 11) is 0. The van der Waals surface area contributed by atoms with Crippen LogP contribution in [0.1, 0.15) is 59.3 Å². The maximum Gasteiger partial charge on any atom is 0.0865 e. The van der Waals surface area contributed by atoms with Gasteiger partial charge in [-0.15, -0.1) is 13.2 Å². The molecule has 0 saturated carbocycles. The van der Waals surface area contributed by atoms with E-state index >= 15 is 0 Å². The summed E-state index contributed by atoms with van der Waals surface area (Å²) in [5.41, 5.74) is -0.709. The first kappa shape index (κ1) is 19.9. The predicted molar refractivity (Wildman–Crippen MR) is 89.9 cm³/mol. The molecule has 0 aliphatic carbocycles. The zero-order valence-electron chi connectivity index (χ0n) is 14.0. The Morgan fingerprint density at radius 1 is 1.24 bits per heavy atom. The number of aliphatic hydroxyl groups is 1. The highest BCUT2D eigenvalue weighted by Crippen LogP contribution is 2.32. The SMILES string of the molecule is C=CCC(O)(CC=C)[C@@H](C)NCC(CC)(CC)CCC#N. The highest BCUT2D eigenvalue weighted by atomic mass is 16.3. The molecule has 0 radical (unpaired) electrons. The van der Waals surface area contributed by atoms with Crippen molar-refractivity contribution in [3.63, 3.8) is 0 Å². The van der Waals surface area contributed by atoms with Crippen molar-refractivity contribution in [2.75, 3.05) is 6.54 Å². The molecule has 0 saturated heterocycles. The van der Waals surface area contributed by atoms with E-state index in [1.165, 1.54) is 0 Å². The van der Waals surface area contributed by atoms with Crippen molar-refractivity contribution in [2.45, 2.75) is 70.9 Å². The number of nitriles is 1. The minimum Gasteiger partial charge on any atom is -0.388 e. The molecule has 2 N–H and O–H groups in total. The third-order valence-corrected chi connectivity index (χ3v) is 4.85. The standard InChI is InChI=1S/C18H32N2O/c1-6-11-18(21,12-7-2)16(5)20-15-17(8-3,9-4)13-10-14-19/h6-7,16,20-21H,1-2,8-13,15H2,3-5H3/t16-/m1/s1. The van der Waals surface area contributed by atoms with Gasteiger partial charge in [-0.1, -0.05) is 26.0 Å². The zero-order chi connectivity index (χ0) is 16.4. The second-order valence-electron chi connectivity index (χ2n) is 6.06. The van der Waals surface area contributed by atoms with Gasteiger partial charge in [0.2, 0.25) is 0 Å². The van der Waals surface area contributed by atoms with Crippen molar-refractivity contribution in [2.24, 2.45) is 5.41 Å². The minimum atomic E-state index is -0.841. The van der Waals surface area contributed by atoms with Crippen LogP contribution in [0.4, 0.5) is 0 Å². The van der Waals surface area contributed by atoms with E-state index in [1.54, 1.807) is 12.2 Å². The summed E-state index contributed by atoms with van der Waals surface area (Å²) >= 11 is 0. The maximum absolute atomic E-state index is 10.7. The summed E-state index contributed by atoms with van der Waals surface area (Å²) < 4.78 is 0. The lowest BCUT2D eigenvalue weighted by Gasteiger charge is -2.38. The van der Waals surface area contributed by atoms with Crippen molar-refractivity contribution >= 4 is 0 Å². The smallest absolute Gasteiger partial charge is 0.0865 e. The molecule has 0 aromatic carbocycles. The minimum absolute atomic E-state index is 0.0481. The first-order valence-electron chi connectivity index (χ1n) is 7.98. The summed E-state index contributed by atoms with van der Waals surface area (Å²) in [5.74, 6) is 0. The molecule has 120 valence electrons. The van der Waals surface area contributed by atoms with Gasteiger partial charge in [-0.05, 0) is 44.4 Å². The molecule has 0 aromatic rings. The van der Waals surface area contributed by atoms with Crippen LogP contribution in [0, 0.1) is 16.7 Å². The molecule has 3 nitrogen and oxygen atoms in total. The lowest BCUT2D eigenvalue weighted by atomic mass is 9.77. The predicted octanol–water partition coefficient (Wildman–Crippen LogP) is 3.96. The molecule has 0 bridgehead atoms. The van der Waals surface area contributed by atoms with E-state index in [2.05, 4.69) is 38.4 Å². The van der Waals surface area contributed by atoms with Crippen LogP contribution >= 0.6 is 0 Å². The lowest BCUT2D eigenvalue weighted by Crippen LogP contribution is -2.51. The molecule has 0 fully saturated rings. The molecule has 0 unspecified atom stereocenters. The number of rotatable bonds is 12. The van der Waals surface area contributed by atoms with E-state index in [4.69, 9.17) is 5.26 Å². The van der Waals surface area contributed by atoms with Gasteiger partial charge in [0, 0.05) is 19.0 Å². The summed E-state index contributed by atoms with van der Waals surface area (Å²) in [6.07, 6.45) is 8.14. The molecule has 21 heavy (non-hydrogen) atoms. The Labute approximate surface area is 130 Å². The quantitative estimate of drug-likeness (QED) is 0.535. The molecule has 0 aliphatic rings. The van der Waals surface area contributed by atoms with Gasteiger partial charge in [0.1, 0.15) is 0 Å². The van der Waals surface area contributed by atoms with Gasteiger partial charge < -0.3 is 10.4 Å². The first-order chi connectivity index (χ1) is 9.93. The van der Waals surface area contributed by atoms with Gasteiger partial charge >= 0.3 is 0 Å². The average molecular weight is 292 g/mol. The van der Waals surface area contributed by atoms with Crippen molar-refractivity contribution in [1.29, 1.82) is 5.26 Å². The average Bonchev–Trinajstić information content (AvgIpc) is 2.48. The van der Waals surface area contributed by atoms with E-state index in [1.807, 2.05) is 6.92 Å². The van der Waals surface area contributed by atoms with Gasteiger partial charge in [-0.2, -0.15) is 5.26 Å². The Bertz CT molecular complexity index is 343. The molecular weight excluding hydrogens is 260 g/mol. The fourth-order valence-electron chi connectivity index (χ4n) is 2.76. The largest absolute Gasteiger partial charge is 0.388 e. The van der Waals surface area contributed by atoms with E-state index < -0.39 is 5.60 Å². The molecule has 0 amide bonds. The molecule has 0 rings (SSSR count). The van der Waals surface area contributed by atoms with Crippen LogP contribution in [0.15, 0.2) is 25.3 Å². The van der Waals surface area contributed by atoms with Crippen molar-refractivity contribution in [3.05, 3.63) is 25.3 Å². The van der Waals surface area contributed by atoms with Crippen LogP contribution in [0.3, 0.4) is 0 Å². The van der Waals surface area contributed by atoms with Crippen LogP contribution in [0.25, 0.3) is 0 Å². The van der Waals surface area contributed by atoms with Crippen LogP contribution in [0.5, 0.6) is 0 Å². The summed E-state index contributed by atoms with van der Waals surface area (Å²) in [6.45, 7) is 14.6. The summed E-state index contributed by atoms with van der Waals surface area (Å²) in [6, 6.07) is 2.20. The number of hydrogen-bond acceptors (Lipinski definition) is 3. The first-order valence-corrected chi connectivity index (χ1v) is 7.98. The Balaban J connectivity index is 4.80. The fourth-order valence-corrected chi connectivity index (χ4v) is 2.76. The van der Waals surface area contributed by atoms with Crippen LogP contribution in [-0.2, 0) is 0 Å². The molecule has 1 atom stereocenters. The summed E-state index contributed by atoms with van der Waals surface area (Å²) in [5, 5.41) is 23.1. The molecule has 0 heterocycles. The van der Waals surface area contributed by atoms with Crippen LogP contribution in [-0.4, -0.2) is 23.3 Å². The maximum atomic E-state index is 10.7. The molecule has 0 spiro atoms. The van der Waals surface area contributed by atoms with E-state index in [0.717, 1.165) is 25.8 Å². The van der Waals surface area contributed by atoms with E-state index in [0.29, 0.717) is 19.3 Å². The van der Waals surface area contributed by atoms with Crippen molar-refractivity contribution in [1.82, 2.24) is 5.32 Å². The molecular formula is C18H32N2O. The molecule has 0 aliphatic heterocycles. The summed E-state index contributed by atoms with van der Waals surface area (Å²) in [4.78, 5) is 0. The number of nitrogens with one attached hydrogen (secondary N) is 1. The molecule has 0 aromatic heterocycles. The third-order valence-electron chi connectivity index (χ3n) is 4.85. The Morgan fingerprint density at radius 2 is 1.76 bits per heavy atom. The van der Waals surface area contributed by atoms with Crippen molar-refractivity contribution < 1.29 is 5.11 Å². The highest BCUT2D eigenvalue weighted by Gasteiger charge is 2.33. The topological polar surface area (TPSA) is 56.0 Å². The van der Waals surface area contributed by atoms with Crippen LogP contribution < -0.4 is 5.32 Å². The van der Waals surface area contributed by atoms with Gasteiger partial charge in [-0.3, -0.25) is 0 Å². The second-order valence-corrected chi connectivity index (χ2v) is 6.06. The zero-order valence-corrected chi connectivity index (χ0v) is 14.0. The third kappa shape index (κ3) is 6.03. The van der Waals surface area contributed by atoms with Crippen LogP contribution in [0.2, 0.25) is 0 Å². The van der Waals surface area contributed by atoms with Gasteiger partial charge in [0.05, 0.1) is 11.7 Å². The van der Waals surface area contributed by atoms with E-state index in [9.17, 15) is 5.11 Å². The second kappa shape index (κ2) is 9.76.